The van der Waals surface area contributed by atoms with E-state index >= 15 is 0 Å². The Hall–Kier alpha value is -3.47. The number of nitrogens with zero attached hydrogens (tertiary/aromatic N) is 5. The number of aryl methyl sites for hydroxylation is 1. The summed E-state index contributed by atoms with van der Waals surface area (Å²) in [5.41, 5.74) is 1.33. The fourth-order valence-corrected chi connectivity index (χ4v) is 2.22. The maximum atomic E-state index is 12.0. The molecule has 8 heteroatoms. The Balaban J connectivity index is 2.00. The number of ether oxygens (including phenoxy) is 1. The molecule has 0 fully saturated rings. The Morgan fingerprint density at radius 1 is 1.33 bits per heavy atom. The number of nitrogens with one attached hydrogen (secondary N) is 1. The molecule has 3 rings (SSSR count). The molecule has 0 spiro atoms. The summed E-state index contributed by atoms with van der Waals surface area (Å²) < 4.78 is 6.60. The van der Waals surface area contributed by atoms with E-state index in [9.17, 15) is 4.79 Å². The number of fused-ring (bicyclic) bond motifs is 1. The second-order valence-electron chi connectivity index (χ2n) is 4.92. The lowest BCUT2D eigenvalue weighted by atomic mass is 10.3. The van der Waals surface area contributed by atoms with Gasteiger partial charge in [0.2, 0.25) is 5.95 Å². The normalized spacial score (nSPS) is 10.3. The minimum absolute atomic E-state index is 0.210. The van der Waals surface area contributed by atoms with E-state index < -0.39 is 0 Å². The summed E-state index contributed by atoms with van der Waals surface area (Å²) in [6, 6.07) is 9.35. The van der Waals surface area contributed by atoms with Crippen LogP contribution in [0.15, 0.2) is 41.5 Å². The van der Waals surface area contributed by atoms with Crippen molar-refractivity contribution in [3.63, 3.8) is 0 Å². The van der Waals surface area contributed by atoms with Crippen LogP contribution in [0, 0.1) is 11.3 Å². The zero-order chi connectivity index (χ0) is 16.9. The number of hydrogen-bond donors (Lipinski definition) is 1. The van der Waals surface area contributed by atoms with Gasteiger partial charge in [0.15, 0.2) is 5.65 Å². The summed E-state index contributed by atoms with van der Waals surface area (Å²) in [5, 5.41) is 11.8. The van der Waals surface area contributed by atoms with Gasteiger partial charge in [-0.2, -0.15) is 10.2 Å². The van der Waals surface area contributed by atoms with Gasteiger partial charge in [-0.05, 0) is 12.1 Å². The second-order valence-corrected chi connectivity index (χ2v) is 4.92. The van der Waals surface area contributed by atoms with Crippen molar-refractivity contribution in [2.75, 3.05) is 12.4 Å². The van der Waals surface area contributed by atoms with Crippen LogP contribution in [0.4, 0.5) is 11.6 Å². The minimum Gasteiger partial charge on any atom is -0.497 e. The molecule has 2 heterocycles. The van der Waals surface area contributed by atoms with Crippen molar-refractivity contribution >= 4 is 22.8 Å². The van der Waals surface area contributed by atoms with Crippen LogP contribution in [0.5, 0.6) is 5.75 Å². The second kappa shape index (κ2) is 6.75. The van der Waals surface area contributed by atoms with Crippen LogP contribution in [-0.2, 0) is 6.54 Å². The van der Waals surface area contributed by atoms with Crippen molar-refractivity contribution < 1.29 is 4.74 Å². The maximum Gasteiger partial charge on any atom is 0.270 e. The van der Waals surface area contributed by atoms with E-state index in [4.69, 9.17) is 10.00 Å². The van der Waals surface area contributed by atoms with Gasteiger partial charge in [-0.3, -0.25) is 9.36 Å². The van der Waals surface area contributed by atoms with Crippen LogP contribution in [0.1, 0.15) is 6.42 Å². The number of benzene rings is 1. The third-order valence-electron chi connectivity index (χ3n) is 3.36. The molecule has 8 nitrogen and oxygen atoms in total. The summed E-state index contributed by atoms with van der Waals surface area (Å²) >= 11 is 0. The summed E-state index contributed by atoms with van der Waals surface area (Å²) in [6.45, 7) is 0.254. The molecule has 120 valence electrons. The van der Waals surface area contributed by atoms with Crippen LogP contribution >= 0.6 is 0 Å². The van der Waals surface area contributed by atoms with E-state index in [1.807, 2.05) is 24.3 Å². The summed E-state index contributed by atoms with van der Waals surface area (Å²) in [6.07, 6.45) is 2.95. The largest absolute Gasteiger partial charge is 0.497 e. The Labute approximate surface area is 137 Å². The van der Waals surface area contributed by atoms with Gasteiger partial charge in [0, 0.05) is 18.3 Å². The van der Waals surface area contributed by atoms with Crippen molar-refractivity contribution in [1.82, 2.24) is 19.5 Å². The average Bonchev–Trinajstić information content (AvgIpc) is 2.61. The van der Waals surface area contributed by atoms with Crippen molar-refractivity contribution in [2.24, 2.45) is 0 Å². The molecule has 3 aromatic rings. The third-order valence-corrected chi connectivity index (χ3v) is 3.36. The van der Waals surface area contributed by atoms with Crippen LogP contribution in [0.25, 0.3) is 11.2 Å². The SMILES string of the molecule is COc1cccc(Nc2ncc3ncc(=O)n(CCC#N)c3n2)c1. The van der Waals surface area contributed by atoms with E-state index in [1.165, 1.54) is 17.0 Å². The number of aromatic nitrogens is 4. The van der Waals surface area contributed by atoms with Crippen LogP contribution in [0.2, 0.25) is 0 Å². The van der Waals surface area contributed by atoms with Gasteiger partial charge in [-0.25, -0.2) is 9.97 Å². The Bertz CT molecular complexity index is 976. The highest BCUT2D eigenvalue weighted by Crippen LogP contribution is 2.20. The van der Waals surface area contributed by atoms with Crippen LogP contribution in [-0.4, -0.2) is 26.6 Å². The van der Waals surface area contributed by atoms with Crippen molar-refractivity contribution in [3.05, 3.63) is 47.0 Å². The average molecular weight is 322 g/mol. The lowest BCUT2D eigenvalue weighted by Crippen LogP contribution is -2.21. The Morgan fingerprint density at radius 3 is 3.00 bits per heavy atom. The molecule has 0 saturated carbocycles. The van der Waals surface area contributed by atoms with Crippen molar-refractivity contribution in [1.29, 1.82) is 5.26 Å². The lowest BCUT2D eigenvalue weighted by Gasteiger charge is -2.09. The Morgan fingerprint density at radius 2 is 2.21 bits per heavy atom. The standard InChI is InChI=1S/C16H14N6O2/c1-24-12-5-2-4-11(8-12)20-16-19-9-13-15(21-16)22(7-3-6-17)14(23)10-18-13/h2,4-5,8-10H,3,7H2,1H3,(H,19,20,21). The van der Waals surface area contributed by atoms with E-state index in [0.717, 1.165) is 5.69 Å². The molecule has 0 atom stereocenters. The first-order chi connectivity index (χ1) is 11.7. The molecular weight excluding hydrogens is 308 g/mol. The van der Waals surface area contributed by atoms with Gasteiger partial charge < -0.3 is 10.1 Å². The fraction of sp³-hybridized carbons (Fsp3) is 0.188. The van der Waals surface area contributed by atoms with Gasteiger partial charge in [-0.15, -0.1) is 0 Å². The van der Waals surface area contributed by atoms with E-state index in [1.54, 1.807) is 13.2 Å². The summed E-state index contributed by atoms with van der Waals surface area (Å²) in [5.74, 6) is 1.03. The van der Waals surface area contributed by atoms with Gasteiger partial charge in [-0.1, -0.05) is 6.07 Å². The van der Waals surface area contributed by atoms with Crippen LogP contribution in [0.3, 0.4) is 0 Å². The highest BCUT2D eigenvalue weighted by molar-refractivity contribution is 5.71. The number of methoxy groups -OCH3 is 1. The van der Waals surface area contributed by atoms with E-state index in [0.29, 0.717) is 22.9 Å². The fourth-order valence-electron chi connectivity index (χ4n) is 2.22. The molecule has 0 amide bonds. The van der Waals surface area contributed by atoms with Crippen molar-refractivity contribution in [3.8, 4) is 11.8 Å². The molecule has 0 radical (unpaired) electrons. The molecule has 0 unspecified atom stereocenters. The zero-order valence-electron chi connectivity index (χ0n) is 12.9. The van der Waals surface area contributed by atoms with E-state index in [-0.39, 0.29) is 18.5 Å². The maximum absolute atomic E-state index is 12.0. The van der Waals surface area contributed by atoms with Gasteiger partial charge in [0.05, 0.1) is 32.0 Å². The Kier molecular flexibility index (Phi) is 4.34. The van der Waals surface area contributed by atoms with Gasteiger partial charge in [0.1, 0.15) is 11.3 Å². The monoisotopic (exact) mass is 322 g/mol. The molecule has 0 aliphatic rings. The first-order valence-electron chi connectivity index (χ1n) is 7.22. The predicted octanol–water partition coefficient (Wildman–Crippen LogP) is 1.85. The molecule has 2 aromatic heterocycles. The summed E-state index contributed by atoms with van der Waals surface area (Å²) in [4.78, 5) is 24.6. The molecule has 1 aromatic carbocycles. The highest BCUT2D eigenvalue weighted by atomic mass is 16.5. The smallest absolute Gasteiger partial charge is 0.270 e. The lowest BCUT2D eigenvalue weighted by molar-refractivity contribution is 0.415. The summed E-state index contributed by atoms with van der Waals surface area (Å²) in [7, 11) is 1.59. The van der Waals surface area contributed by atoms with Gasteiger partial charge >= 0.3 is 0 Å². The van der Waals surface area contributed by atoms with E-state index in [2.05, 4.69) is 20.3 Å². The number of nitriles is 1. The van der Waals surface area contributed by atoms with Gasteiger partial charge in [0.25, 0.3) is 5.56 Å². The van der Waals surface area contributed by atoms with Crippen LogP contribution < -0.4 is 15.6 Å². The highest BCUT2D eigenvalue weighted by Gasteiger charge is 2.08. The first-order valence-corrected chi connectivity index (χ1v) is 7.22. The molecule has 0 bridgehead atoms. The molecule has 24 heavy (non-hydrogen) atoms. The molecule has 0 aliphatic heterocycles. The van der Waals surface area contributed by atoms with Crippen molar-refractivity contribution in [2.45, 2.75) is 13.0 Å². The molecule has 1 N–H and O–H groups in total. The third kappa shape index (κ3) is 3.15. The zero-order valence-corrected chi connectivity index (χ0v) is 12.9. The first kappa shape index (κ1) is 15.4. The number of rotatable bonds is 5. The molecular formula is C16H14N6O2. The predicted molar refractivity (Wildman–Crippen MR) is 88.1 cm³/mol. The minimum atomic E-state index is -0.302. The number of hydrogen-bond acceptors (Lipinski definition) is 7. The quantitative estimate of drug-likeness (QED) is 0.764. The molecule has 0 saturated heterocycles. The topological polar surface area (TPSA) is 106 Å². The number of anilines is 2. The molecule has 0 aliphatic carbocycles.